The number of carbonyl (C=O) groups is 2. The Bertz CT molecular complexity index is 466. The van der Waals surface area contributed by atoms with E-state index < -0.39 is 0 Å². The molecule has 1 amide bonds. The Balaban J connectivity index is 2.11. The van der Waals surface area contributed by atoms with Crippen LogP contribution in [0.25, 0.3) is 0 Å². The van der Waals surface area contributed by atoms with Crippen molar-refractivity contribution in [3.8, 4) is 0 Å². The van der Waals surface area contributed by atoms with Gasteiger partial charge >= 0.3 is 0 Å². The highest BCUT2D eigenvalue weighted by molar-refractivity contribution is 5.92. The van der Waals surface area contributed by atoms with Crippen molar-refractivity contribution >= 4 is 17.9 Å². The number of aromatic nitrogens is 1. The maximum absolute atomic E-state index is 11.9. The monoisotopic (exact) mass is 261 g/mol. The lowest BCUT2D eigenvalue weighted by molar-refractivity contribution is -0.111. The van der Waals surface area contributed by atoms with Gasteiger partial charge in [0.25, 0.3) is 5.91 Å². The molecule has 1 aliphatic heterocycles. The summed E-state index contributed by atoms with van der Waals surface area (Å²) in [7, 11) is 3.43. The Morgan fingerprint density at radius 1 is 1.42 bits per heavy atom. The molecular formula is C14H19N3O2. The molecule has 1 aromatic heterocycles. The molecule has 0 aliphatic carbocycles. The van der Waals surface area contributed by atoms with Gasteiger partial charge in [-0.3, -0.25) is 9.78 Å². The van der Waals surface area contributed by atoms with Crippen molar-refractivity contribution in [2.24, 2.45) is 5.92 Å². The highest BCUT2D eigenvalue weighted by Gasteiger charge is 2.20. The molecule has 0 saturated carbocycles. The fourth-order valence-corrected chi connectivity index (χ4v) is 2.26. The van der Waals surface area contributed by atoms with Gasteiger partial charge in [-0.2, -0.15) is 0 Å². The van der Waals surface area contributed by atoms with Crippen molar-refractivity contribution in [1.82, 2.24) is 9.88 Å². The molecule has 0 N–H and O–H groups in total. The summed E-state index contributed by atoms with van der Waals surface area (Å²) in [6.07, 6.45) is 4.47. The number of hydrogen-bond acceptors (Lipinski definition) is 4. The smallest absolute Gasteiger partial charge is 0.272 e. The SMILES string of the molecule is CN(C)C(=O)c1cc(N2CCC(C=O)CC2)ccn1. The minimum absolute atomic E-state index is 0.0929. The van der Waals surface area contributed by atoms with Gasteiger partial charge in [0.15, 0.2) is 0 Å². The lowest BCUT2D eigenvalue weighted by Crippen LogP contribution is -2.34. The number of hydrogen-bond donors (Lipinski definition) is 0. The lowest BCUT2D eigenvalue weighted by Gasteiger charge is -2.31. The first kappa shape index (κ1) is 13.5. The first-order chi connectivity index (χ1) is 9.11. The van der Waals surface area contributed by atoms with Crippen molar-refractivity contribution in [3.63, 3.8) is 0 Å². The number of rotatable bonds is 3. The zero-order chi connectivity index (χ0) is 13.8. The topological polar surface area (TPSA) is 53.5 Å². The summed E-state index contributed by atoms with van der Waals surface area (Å²) in [5, 5.41) is 0. The van der Waals surface area contributed by atoms with E-state index in [1.54, 1.807) is 20.3 Å². The summed E-state index contributed by atoms with van der Waals surface area (Å²) in [5.74, 6) is 0.0885. The number of anilines is 1. The molecule has 0 radical (unpaired) electrons. The van der Waals surface area contributed by atoms with Gasteiger partial charge in [0.1, 0.15) is 12.0 Å². The van der Waals surface area contributed by atoms with Crippen LogP contribution in [0.4, 0.5) is 5.69 Å². The van der Waals surface area contributed by atoms with Crippen LogP contribution < -0.4 is 4.90 Å². The first-order valence-corrected chi connectivity index (χ1v) is 6.49. The van der Waals surface area contributed by atoms with E-state index in [1.807, 2.05) is 12.1 Å². The van der Waals surface area contributed by atoms with E-state index in [1.165, 1.54) is 4.90 Å². The van der Waals surface area contributed by atoms with Gasteiger partial charge in [0.05, 0.1) is 0 Å². The Morgan fingerprint density at radius 2 is 2.11 bits per heavy atom. The fourth-order valence-electron chi connectivity index (χ4n) is 2.26. The van der Waals surface area contributed by atoms with Crippen LogP contribution in [0.15, 0.2) is 18.3 Å². The Labute approximate surface area is 113 Å². The van der Waals surface area contributed by atoms with Crippen molar-refractivity contribution in [3.05, 3.63) is 24.0 Å². The van der Waals surface area contributed by atoms with Gasteiger partial charge in [-0.25, -0.2) is 0 Å². The fraction of sp³-hybridized carbons (Fsp3) is 0.500. The van der Waals surface area contributed by atoms with Crippen LogP contribution in [0, 0.1) is 5.92 Å². The molecule has 0 atom stereocenters. The molecule has 2 rings (SSSR count). The van der Waals surface area contributed by atoms with Crippen LogP contribution in [0.2, 0.25) is 0 Å². The van der Waals surface area contributed by atoms with Gasteiger partial charge in [-0.15, -0.1) is 0 Å². The van der Waals surface area contributed by atoms with E-state index in [2.05, 4.69) is 9.88 Å². The van der Waals surface area contributed by atoms with Crippen molar-refractivity contribution in [2.75, 3.05) is 32.1 Å². The normalized spacial score (nSPS) is 16.2. The second kappa shape index (κ2) is 5.82. The Hall–Kier alpha value is -1.91. The van der Waals surface area contributed by atoms with Crippen LogP contribution in [-0.4, -0.2) is 49.3 Å². The molecular weight excluding hydrogens is 242 g/mol. The average Bonchev–Trinajstić information content (AvgIpc) is 2.46. The third kappa shape index (κ3) is 3.10. The summed E-state index contributed by atoms with van der Waals surface area (Å²) in [6, 6.07) is 3.73. The van der Waals surface area contributed by atoms with Crippen LogP contribution >= 0.6 is 0 Å². The van der Waals surface area contributed by atoms with Gasteiger partial charge < -0.3 is 14.6 Å². The molecule has 1 fully saturated rings. The number of nitrogens with zero attached hydrogens (tertiary/aromatic N) is 3. The second-order valence-corrected chi connectivity index (χ2v) is 5.06. The van der Waals surface area contributed by atoms with E-state index >= 15 is 0 Å². The number of carbonyl (C=O) groups excluding carboxylic acids is 2. The Morgan fingerprint density at radius 3 is 2.68 bits per heavy atom. The number of pyridine rings is 1. The summed E-state index contributed by atoms with van der Waals surface area (Å²) in [4.78, 5) is 30.5. The molecule has 19 heavy (non-hydrogen) atoms. The summed E-state index contributed by atoms with van der Waals surface area (Å²) < 4.78 is 0. The van der Waals surface area contributed by atoms with Crippen LogP contribution in [0.1, 0.15) is 23.3 Å². The zero-order valence-electron chi connectivity index (χ0n) is 11.4. The maximum Gasteiger partial charge on any atom is 0.272 e. The van der Waals surface area contributed by atoms with Crippen molar-refractivity contribution in [2.45, 2.75) is 12.8 Å². The van der Waals surface area contributed by atoms with E-state index in [9.17, 15) is 9.59 Å². The van der Waals surface area contributed by atoms with E-state index in [4.69, 9.17) is 0 Å². The number of amides is 1. The molecule has 0 aromatic carbocycles. The molecule has 1 aliphatic rings. The molecule has 5 heteroatoms. The summed E-state index contributed by atoms with van der Waals surface area (Å²) in [6.45, 7) is 1.70. The molecule has 102 valence electrons. The van der Waals surface area contributed by atoms with Crippen molar-refractivity contribution < 1.29 is 9.59 Å². The summed E-state index contributed by atoms with van der Waals surface area (Å²) in [5.41, 5.74) is 1.46. The van der Waals surface area contributed by atoms with Gasteiger partial charge in [0.2, 0.25) is 0 Å². The first-order valence-electron chi connectivity index (χ1n) is 6.49. The molecule has 1 aromatic rings. The predicted octanol–water partition coefficient (Wildman–Crippen LogP) is 1.20. The van der Waals surface area contributed by atoms with Gasteiger partial charge in [-0.05, 0) is 25.0 Å². The maximum atomic E-state index is 11.9. The second-order valence-electron chi connectivity index (χ2n) is 5.06. The van der Waals surface area contributed by atoms with Crippen LogP contribution in [0.3, 0.4) is 0 Å². The zero-order valence-corrected chi connectivity index (χ0v) is 11.4. The molecule has 0 unspecified atom stereocenters. The summed E-state index contributed by atoms with van der Waals surface area (Å²) >= 11 is 0. The minimum atomic E-state index is -0.0929. The van der Waals surface area contributed by atoms with Gasteiger partial charge in [0, 0.05) is 45.0 Å². The molecule has 1 saturated heterocycles. The standard InChI is InChI=1S/C14H19N3O2/c1-16(2)14(19)13-9-12(3-6-15-13)17-7-4-11(10-18)5-8-17/h3,6,9-11H,4-5,7-8H2,1-2H3. The highest BCUT2D eigenvalue weighted by atomic mass is 16.2. The quantitative estimate of drug-likeness (QED) is 0.767. The van der Waals surface area contributed by atoms with E-state index in [0.29, 0.717) is 5.69 Å². The average molecular weight is 261 g/mol. The van der Waals surface area contributed by atoms with Crippen LogP contribution in [0.5, 0.6) is 0 Å². The molecule has 0 spiro atoms. The predicted molar refractivity (Wildman–Crippen MR) is 73.3 cm³/mol. The lowest BCUT2D eigenvalue weighted by atomic mass is 9.98. The molecule has 2 heterocycles. The third-order valence-electron chi connectivity index (χ3n) is 3.47. The largest absolute Gasteiger partial charge is 0.371 e. The van der Waals surface area contributed by atoms with E-state index in [-0.39, 0.29) is 11.8 Å². The van der Waals surface area contributed by atoms with E-state index in [0.717, 1.165) is 37.9 Å². The molecule has 0 bridgehead atoms. The minimum Gasteiger partial charge on any atom is -0.371 e. The number of piperidine rings is 1. The van der Waals surface area contributed by atoms with Gasteiger partial charge in [-0.1, -0.05) is 0 Å². The van der Waals surface area contributed by atoms with Crippen molar-refractivity contribution in [1.29, 1.82) is 0 Å². The Kier molecular flexibility index (Phi) is 4.14. The molecule has 5 nitrogen and oxygen atoms in total. The van der Waals surface area contributed by atoms with Crippen LogP contribution in [-0.2, 0) is 4.79 Å². The number of aldehydes is 1. The highest BCUT2D eigenvalue weighted by Crippen LogP contribution is 2.22. The third-order valence-corrected chi connectivity index (χ3v) is 3.47.